The summed E-state index contributed by atoms with van der Waals surface area (Å²) in [5, 5.41) is 4.84. The molecule has 0 radical (unpaired) electrons. The maximum Gasteiger partial charge on any atom is 0.167 e. The van der Waals surface area contributed by atoms with Gasteiger partial charge in [-0.3, -0.25) is 0 Å². The fourth-order valence-corrected chi connectivity index (χ4v) is 2.31. The summed E-state index contributed by atoms with van der Waals surface area (Å²) in [6.45, 7) is 2.08. The van der Waals surface area contributed by atoms with Crippen molar-refractivity contribution in [3.8, 4) is 0 Å². The number of nitrogens with zero attached hydrogens (tertiary/aromatic N) is 1. The molecule has 3 nitrogen and oxygen atoms in total. The monoisotopic (exact) mass is 202 g/mol. The van der Waals surface area contributed by atoms with Gasteiger partial charge in [0.1, 0.15) is 0 Å². The van der Waals surface area contributed by atoms with Crippen LogP contribution in [0.5, 0.6) is 0 Å². The Hall–Kier alpha value is -1.35. The molecule has 3 heteroatoms. The van der Waals surface area contributed by atoms with Gasteiger partial charge < -0.3 is 10.3 Å². The van der Waals surface area contributed by atoms with Crippen LogP contribution in [0.4, 0.5) is 0 Å². The first-order valence-electron chi connectivity index (χ1n) is 5.33. The minimum atomic E-state index is 0.195. The number of aromatic nitrogens is 1. The van der Waals surface area contributed by atoms with E-state index in [0.29, 0.717) is 0 Å². The Morgan fingerprint density at radius 3 is 2.93 bits per heavy atom. The predicted octanol–water partition coefficient (Wildman–Crippen LogP) is 2.21. The van der Waals surface area contributed by atoms with Crippen LogP contribution in [0, 0.1) is 0 Å². The minimum absolute atomic E-state index is 0.195. The molecule has 1 atom stereocenters. The zero-order chi connectivity index (χ0) is 10.5. The molecule has 1 aromatic carbocycles. The van der Waals surface area contributed by atoms with E-state index >= 15 is 0 Å². The molecule has 15 heavy (non-hydrogen) atoms. The van der Waals surface area contributed by atoms with Crippen molar-refractivity contribution >= 4 is 11.0 Å². The molecule has 1 fully saturated rings. The van der Waals surface area contributed by atoms with Gasteiger partial charge >= 0.3 is 0 Å². The molecule has 2 aromatic rings. The number of hydrogen-bond donors (Lipinski definition) is 1. The number of benzene rings is 1. The van der Waals surface area contributed by atoms with Crippen molar-refractivity contribution < 1.29 is 4.52 Å². The molecule has 1 saturated carbocycles. The van der Waals surface area contributed by atoms with E-state index in [-0.39, 0.29) is 11.5 Å². The fourth-order valence-electron chi connectivity index (χ4n) is 2.31. The summed E-state index contributed by atoms with van der Waals surface area (Å²) in [5.41, 5.74) is 8.39. The molecule has 0 aliphatic heterocycles. The molecular weight excluding hydrogens is 188 g/mol. The summed E-state index contributed by atoms with van der Waals surface area (Å²) in [6.07, 6.45) is 4.11. The van der Waals surface area contributed by atoms with Crippen molar-refractivity contribution in [2.24, 2.45) is 5.73 Å². The molecule has 1 aliphatic rings. The molecule has 2 N–H and O–H groups in total. The lowest BCUT2D eigenvalue weighted by atomic mass is 9.89. The Labute approximate surface area is 88.2 Å². The van der Waals surface area contributed by atoms with Crippen molar-refractivity contribution in [1.29, 1.82) is 0 Å². The van der Waals surface area contributed by atoms with Crippen LogP contribution >= 0.6 is 0 Å². The van der Waals surface area contributed by atoms with Gasteiger partial charge in [-0.2, -0.15) is 0 Å². The Bertz CT molecular complexity index is 497. The minimum Gasteiger partial charge on any atom is -0.356 e. The molecule has 1 aromatic heterocycles. The molecule has 0 bridgehead atoms. The third-order valence-corrected chi connectivity index (χ3v) is 3.59. The van der Waals surface area contributed by atoms with E-state index in [0.717, 1.165) is 11.0 Å². The van der Waals surface area contributed by atoms with Gasteiger partial charge in [0.25, 0.3) is 0 Å². The van der Waals surface area contributed by atoms with Crippen molar-refractivity contribution in [2.45, 2.75) is 31.2 Å². The Kier molecular flexibility index (Phi) is 1.68. The smallest absolute Gasteiger partial charge is 0.167 e. The van der Waals surface area contributed by atoms with E-state index in [4.69, 9.17) is 10.3 Å². The summed E-state index contributed by atoms with van der Waals surface area (Å²) < 4.78 is 5.17. The maximum atomic E-state index is 6.04. The standard InChI is InChI=1S/C12H14N2O/c1-8(13)12(4-5-12)10-3-2-9-7-14-15-11(9)6-10/h2-3,6-8H,4-5,13H2,1H3. The van der Waals surface area contributed by atoms with Gasteiger partial charge in [0, 0.05) is 16.8 Å². The Morgan fingerprint density at radius 2 is 2.27 bits per heavy atom. The highest BCUT2D eigenvalue weighted by molar-refractivity contribution is 5.77. The van der Waals surface area contributed by atoms with Crippen LogP contribution in [0.3, 0.4) is 0 Å². The summed E-state index contributed by atoms with van der Waals surface area (Å²) in [4.78, 5) is 0. The quantitative estimate of drug-likeness (QED) is 0.812. The Balaban J connectivity index is 2.11. The molecule has 78 valence electrons. The van der Waals surface area contributed by atoms with E-state index < -0.39 is 0 Å². The third kappa shape index (κ3) is 1.20. The van der Waals surface area contributed by atoms with Gasteiger partial charge in [-0.1, -0.05) is 11.2 Å². The highest BCUT2D eigenvalue weighted by Crippen LogP contribution is 2.50. The zero-order valence-electron chi connectivity index (χ0n) is 8.73. The lowest BCUT2D eigenvalue weighted by Crippen LogP contribution is -2.31. The first-order valence-corrected chi connectivity index (χ1v) is 5.33. The number of fused-ring (bicyclic) bond motifs is 1. The molecule has 0 spiro atoms. The first kappa shape index (κ1) is 8.92. The lowest BCUT2D eigenvalue weighted by Gasteiger charge is -2.19. The first-order chi connectivity index (χ1) is 7.22. The molecule has 0 amide bonds. The molecular formula is C12H14N2O. The van der Waals surface area contributed by atoms with Crippen molar-refractivity contribution in [3.63, 3.8) is 0 Å². The summed E-state index contributed by atoms with van der Waals surface area (Å²) in [5.74, 6) is 0. The van der Waals surface area contributed by atoms with Crippen LogP contribution in [-0.4, -0.2) is 11.2 Å². The summed E-state index contributed by atoms with van der Waals surface area (Å²) in [7, 11) is 0. The van der Waals surface area contributed by atoms with Gasteiger partial charge in [0.05, 0.1) is 6.20 Å². The van der Waals surface area contributed by atoms with Crippen molar-refractivity contribution in [1.82, 2.24) is 5.16 Å². The van der Waals surface area contributed by atoms with Gasteiger partial charge in [-0.15, -0.1) is 0 Å². The average Bonchev–Trinajstić information content (AvgIpc) is 2.91. The van der Waals surface area contributed by atoms with Crippen LogP contribution in [-0.2, 0) is 5.41 Å². The predicted molar refractivity (Wildman–Crippen MR) is 58.6 cm³/mol. The van der Waals surface area contributed by atoms with Crippen LogP contribution in [0.2, 0.25) is 0 Å². The molecule has 0 saturated heterocycles. The topological polar surface area (TPSA) is 52.0 Å². The summed E-state index contributed by atoms with van der Waals surface area (Å²) in [6, 6.07) is 6.50. The zero-order valence-corrected chi connectivity index (χ0v) is 8.73. The molecule has 1 heterocycles. The lowest BCUT2D eigenvalue weighted by molar-refractivity contribution is 0.455. The fraction of sp³-hybridized carbons (Fsp3) is 0.417. The second kappa shape index (κ2) is 2.83. The number of nitrogens with two attached hydrogens (primary N) is 1. The average molecular weight is 202 g/mol. The maximum absolute atomic E-state index is 6.04. The third-order valence-electron chi connectivity index (χ3n) is 3.59. The van der Waals surface area contributed by atoms with Gasteiger partial charge in [-0.05, 0) is 37.5 Å². The SMILES string of the molecule is CC(N)C1(c2ccc3cnoc3c2)CC1. The van der Waals surface area contributed by atoms with E-state index in [9.17, 15) is 0 Å². The Morgan fingerprint density at radius 1 is 1.47 bits per heavy atom. The highest BCUT2D eigenvalue weighted by atomic mass is 16.5. The number of rotatable bonds is 2. The van der Waals surface area contributed by atoms with Gasteiger partial charge in [-0.25, -0.2) is 0 Å². The van der Waals surface area contributed by atoms with E-state index in [2.05, 4.69) is 30.3 Å². The van der Waals surface area contributed by atoms with E-state index in [1.807, 2.05) is 0 Å². The van der Waals surface area contributed by atoms with Crippen molar-refractivity contribution in [2.75, 3.05) is 0 Å². The molecule has 3 rings (SSSR count). The van der Waals surface area contributed by atoms with Crippen LogP contribution < -0.4 is 5.73 Å². The second-order valence-electron chi connectivity index (χ2n) is 4.52. The van der Waals surface area contributed by atoms with Crippen LogP contribution in [0.25, 0.3) is 11.0 Å². The molecule has 1 aliphatic carbocycles. The van der Waals surface area contributed by atoms with Gasteiger partial charge in [0.15, 0.2) is 5.58 Å². The van der Waals surface area contributed by atoms with Crippen LogP contribution in [0.1, 0.15) is 25.3 Å². The normalized spacial score (nSPS) is 20.4. The molecule has 1 unspecified atom stereocenters. The van der Waals surface area contributed by atoms with E-state index in [1.54, 1.807) is 6.20 Å². The number of hydrogen-bond acceptors (Lipinski definition) is 3. The largest absolute Gasteiger partial charge is 0.356 e. The van der Waals surface area contributed by atoms with Crippen LogP contribution in [0.15, 0.2) is 28.9 Å². The highest BCUT2D eigenvalue weighted by Gasteiger charge is 2.47. The summed E-state index contributed by atoms with van der Waals surface area (Å²) >= 11 is 0. The second-order valence-corrected chi connectivity index (χ2v) is 4.52. The van der Waals surface area contributed by atoms with Crippen molar-refractivity contribution in [3.05, 3.63) is 30.0 Å². The van der Waals surface area contributed by atoms with E-state index in [1.165, 1.54) is 18.4 Å². The van der Waals surface area contributed by atoms with Gasteiger partial charge in [0.2, 0.25) is 0 Å².